The van der Waals surface area contributed by atoms with Crippen LogP contribution in [0.3, 0.4) is 0 Å². The van der Waals surface area contributed by atoms with Crippen molar-refractivity contribution in [3.05, 3.63) is 11.8 Å². The van der Waals surface area contributed by atoms with Crippen LogP contribution in [0.15, 0.2) is 16.8 Å². The summed E-state index contributed by atoms with van der Waals surface area (Å²) in [4.78, 5) is 15.1. The lowest BCUT2D eigenvalue weighted by atomic mass is 10.1. The van der Waals surface area contributed by atoms with Crippen LogP contribution in [0.2, 0.25) is 0 Å². The zero-order chi connectivity index (χ0) is 7.56. The van der Waals surface area contributed by atoms with Crippen LogP contribution in [0.25, 0.3) is 0 Å². The van der Waals surface area contributed by atoms with E-state index in [4.69, 9.17) is 0 Å². The molecule has 2 nitrogen and oxygen atoms in total. The molecule has 0 fully saturated rings. The maximum Gasteiger partial charge on any atom is 0.180 e. The van der Waals surface area contributed by atoms with Crippen molar-refractivity contribution in [1.29, 1.82) is 0 Å². The number of rotatable bonds is 1. The standard InChI is InChI=1S/C8H11NO/c1-3-7-8(10)5-4-6(2)9-7/h4H,3,5H2,1-2H3. The Balaban J connectivity index is 2.83. The number of hydrogen-bond donors (Lipinski definition) is 0. The van der Waals surface area contributed by atoms with Gasteiger partial charge >= 0.3 is 0 Å². The van der Waals surface area contributed by atoms with Gasteiger partial charge in [0.25, 0.3) is 0 Å². The third-order valence-corrected chi connectivity index (χ3v) is 1.55. The van der Waals surface area contributed by atoms with Crippen molar-refractivity contribution in [1.82, 2.24) is 0 Å². The van der Waals surface area contributed by atoms with E-state index < -0.39 is 0 Å². The van der Waals surface area contributed by atoms with E-state index in [2.05, 4.69) is 4.99 Å². The summed E-state index contributed by atoms with van der Waals surface area (Å²) >= 11 is 0. The molecule has 2 heteroatoms. The molecule has 0 saturated heterocycles. The quantitative estimate of drug-likeness (QED) is 0.541. The van der Waals surface area contributed by atoms with Crippen LogP contribution in [0.5, 0.6) is 0 Å². The Morgan fingerprint density at radius 3 is 2.90 bits per heavy atom. The van der Waals surface area contributed by atoms with E-state index in [1.165, 1.54) is 0 Å². The summed E-state index contributed by atoms with van der Waals surface area (Å²) in [5, 5.41) is 0. The minimum atomic E-state index is 0.174. The molecule has 54 valence electrons. The molecular formula is C8H11NO. The van der Waals surface area contributed by atoms with Gasteiger partial charge in [-0.05, 0) is 13.3 Å². The van der Waals surface area contributed by atoms with E-state index in [-0.39, 0.29) is 5.78 Å². The first-order valence-electron chi connectivity index (χ1n) is 3.51. The van der Waals surface area contributed by atoms with Crippen LogP contribution in [-0.2, 0) is 4.79 Å². The van der Waals surface area contributed by atoms with Gasteiger partial charge in [-0.3, -0.25) is 9.79 Å². The second-order valence-electron chi connectivity index (χ2n) is 2.38. The van der Waals surface area contributed by atoms with Gasteiger partial charge in [-0.25, -0.2) is 0 Å². The van der Waals surface area contributed by atoms with Crippen LogP contribution in [0.1, 0.15) is 26.7 Å². The fourth-order valence-corrected chi connectivity index (χ4v) is 0.955. The van der Waals surface area contributed by atoms with Crippen molar-refractivity contribution in [3.8, 4) is 0 Å². The number of nitrogens with zero attached hydrogens (tertiary/aromatic N) is 1. The first-order valence-corrected chi connectivity index (χ1v) is 3.51. The molecule has 0 radical (unpaired) electrons. The molecule has 0 aliphatic carbocycles. The zero-order valence-electron chi connectivity index (χ0n) is 6.35. The van der Waals surface area contributed by atoms with Gasteiger partial charge in [0, 0.05) is 12.1 Å². The Bertz CT molecular complexity index is 213. The van der Waals surface area contributed by atoms with Crippen LogP contribution in [0, 0.1) is 0 Å². The first-order chi connectivity index (χ1) is 4.74. The molecule has 0 amide bonds. The Hall–Kier alpha value is -0.920. The van der Waals surface area contributed by atoms with Gasteiger partial charge < -0.3 is 0 Å². The zero-order valence-corrected chi connectivity index (χ0v) is 6.35. The third-order valence-electron chi connectivity index (χ3n) is 1.55. The summed E-state index contributed by atoms with van der Waals surface area (Å²) in [7, 11) is 0. The van der Waals surface area contributed by atoms with E-state index in [1.54, 1.807) is 0 Å². The topological polar surface area (TPSA) is 29.4 Å². The van der Waals surface area contributed by atoms with Gasteiger partial charge in [0.2, 0.25) is 0 Å². The predicted octanol–water partition coefficient (Wildman–Crippen LogP) is 1.71. The molecule has 0 aromatic heterocycles. The lowest BCUT2D eigenvalue weighted by Gasteiger charge is -2.06. The Morgan fingerprint density at radius 1 is 1.70 bits per heavy atom. The molecule has 0 atom stereocenters. The molecule has 0 spiro atoms. The van der Waals surface area contributed by atoms with Crippen molar-refractivity contribution in [3.63, 3.8) is 0 Å². The van der Waals surface area contributed by atoms with Crippen LogP contribution in [0.4, 0.5) is 0 Å². The van der Waals surface area contributed by atoms with Gasteiger partial charge in [-0.2, -0.15) is 0 Å². The lowest BCUT2D eigenvalue weighted by Crippen LogP contribution is -2.14. The number of carbonyl (C=O) groups excluding carboxylic acids is 1. The summed E-state index contributed by atoms with van der Waals surface area (Å²) in [6.45, 7) is 3.87. The molecule has 0 saturated carbocycles. The minimum Gasteiger partial charge on any atom is -0.292 e. The normalized spacial score (nSPS) is 18.4. The molecule has 0 N–H and O–H groups in total. The highest BCUT2D eigenvalue weighted by atomic mass is 16.1. The van der Waals surface area contributed by atoms with Crippen LogP contribution < -0.4 is 0 Å². The first kappa shape index (κ1) is 7.19. The highest BCUT2D eigenvalue weighted by Crippen LogP contribution is 2.08. The monoisotopic (exact) mass is 137 g/mol. The van der Waals surface area contributed by atoms with E-state index in [9.17, 15) is 4.79 Å². The van der Waals surface area contributed by atoms with E-state index >= 15 is 0 Å². The third kappa shape index (κ3) is 1.32. The largest absolute Gasteiger partial charge is 0.292 e. The fraction of sp³-hybridized carbons (Fsp3) is 0.500. The number of ketones is 1. The predicted molar refractivity (Wildman–Crippen MR) is 41.1 cm³/mol. The summed E-state index contributed by atoms with van der Waals surface area (Å²) in [5.74, 6) is 0.174. The van der Waals surface area contributed by atoms with Crippen molar-refractivity contribution >= 4 is 11.5 Å². The fourth-order valence-electron chi connectivity index (χ4n) is 0.955. The molecule has 0 unspecified atom stereocenters. The van der Waals surface area contributed by atoms with Crippen molar-refractivity contribution < 1.29 is 4.79 Å². The SMILES string of the molecule is CCC1=NC(C)=CCC1=O. The Morgan fingerprint density at radius 2 is 2.40 bits per heavy atom. The lowest BCUT2D eigenvalue weighted by molar-refractivity contribution is -0.112. The molecular weight excluding hydrogens is 126 g/mol. The minimum absolute atomic E-state index is 0.174. The highest BCUT2D eigenvalue weighted by Gasteiger charge is 2.11. The van der Waals surface area contributed by atoms with Crippen molar-refractivity contribution in [2.45, 2.75) is 26.7 Å². The van der Waals surface area contributed by atoms with Gasteiger partial charge in [0.05, 0.1) is 5.71 Å². The van der Waals surface area contributed by atoms with Gasteiger partial charge in [-0.15, -0.1) is 0 Å². The maximum atomic E-state index is 11.0. The Labute approximate surface area is 60.7 Å². The molecule has 0 aromatic rings. The number of carbonyl (C=O) groups is 1. The van der Waals surface area contributed by atoms with Gasteiger partial charge in [0.1, 0.15) is 0 Å². The van der Waals surface area contributed by atoms with Crippen molar-refractivity contribution in [2.24, 2.45) is 4.99 Å². The van der Waals surface area contributed by atoms with Crippen LogP contribution >= 0.6 is 0 Å². The molecule has 10 heavy (non-hydrogen) atoms. The number of hydrogen-bond acceptors (Lipinski definition) is 2. The molecule has 1 aliphatic heterocycles. The molecule has 1 rings (SSSR count). The second kappa shape index (κ2) is 2.78. The average molecular weight is 137 g/mol. The summed E-state index contributed by atoms with van der Waals surface area (Å²) in [5.41, 5.74) is 1.69. The summed E-state index contributed by atoms with van der Waals surface area (Å²) in [6.07, 6.45) is 3.16. The number of allylic oxidation sites excluding steroid dienone is 2. The van der Waals surface area contributed by atoms with E-state index in [0.29, 0.717) is 6.42 Å². The molecule has 0 aromatic carbocycles. The summed E-state index contributed by atoms with van der Waals surface area (Å²) < 4.78 is 0. The van der Waals surface area contributed by atoms with Gasteiger partial charge in [0.15, 0.2) is 5.78 Å². The second-order valence-corrected chi connectivity index (χ2v) is 2.38. The van der Waals surface area contributed by atoms with Gasteiger partial charge in [-0.1, -0.05) is 13.0 Å². The number of Topliss-reactive ketones (excluding diaryl/α,β-unsaturated/α-hetero) is 1. The smallest absolute Gasteiger partial charge is 0.180 e. The van der Waals surface area contributed by atoms with E-state index in [0.717, 1.165) is 17.8 Å². The average Bonchev–Trinajstić information content (AvgIpc) is 1.94. The Kier molecular flexibility index (Phi) is 2.00. The van der Waals surface area contributed by atoms with Crippen molar-refractivity contribution in [2.75, 3.05) is 0 Å². The van der Waals surface area contributed by atoms with Crippen LogP contribution in [-0.4, -0.2) is 11.5 Å². The highest BCUT2D eigenvalue weighted by molar-refractivity contribution is 6.40. The summed E-state index contributed by atoms with van der Waals surface area (Å²) in [6, 6.07) is 0. The molecule has 1 aliphatic rings. The molecule has 1 heterocycles. The maximum absolute atomic E-state index is 11.0. The van der Waals surface area contributed by atoms with E-state index in [1.807, 2.05) is 19.9 Å². The number of aliphatic imine (C=N–C) groups is 1. The molecule has 0 bridgehead atoms.